The van der Waals surface area contributed by atoms with Crippen LogP contribution in [0, 0.1) is 0 Å². The Kier molecular flexibility index (Phi) is 6.19. The lowest BCUT2D eigenvalue weighted by Gasteiger charge is -2.12. The van der Waals surface area contributed by atoms with Crippen molar-refractivity contribution in [2.75, 3.05) is 0 Å². The highest BCUT2D eigenvalue weighted by molar-refractivity contribution is 7.33. The molecule has 11 rings (SSSR count). The first kappa shape index (κ1) is 28.5. The van der Waals surface area contributed by atoms with Gasteiger partial charge < -0.3 is 0 Å². The normalized spacial score (nSPS) is 11.9. The first-order valence-electron chi connectivity index (χ1n) is 16.7. The predicted molar refractivity (Wildman–Crippen MR) is 212 cm³/mol. The molecule has 0 aliphatic heterocycles. The number of nitrogens with zero attached hydrogens (tertiary/aromatic N) is 6. The van der Waals surface area contributed by atoms with Crippen molar-refractivity contribution in [2.45, 2.75) is 0 Å². The van der Waals surface area contributed by atoms with Crippen LogP contribution in [0.2, 0.25) is 0 Å². The third-order valence-corrected chi connectivity index (χ3v) is 12.1. The molecule has 238 valence electrons. The fourth-order valence-corrected chi connectivity index (χ4v) is 9.85. The molecule has 5 aromatic heterocycles. The highest BCUT2D eigenvalue weighted by atomic mass is 32.1. The van der Waals surface area contributed by atoms with E-state index in [9.17, 15) is 0 Å². The summed E-state index contributed by atoms with van der Waals surface area (Å²) < 4.78 is 7.04. The second-order valence-corrected chi connectivity index (χ2v) is 14.6. The van der Waals surface area contributed by atoms with E-state index in [0.717, 1.165) is 54.1 Å². The molecule has 0 radical (unpaired) electrons. The molecule has 0 aliphatic rings. The van der Waals surface area contributed by atoms with Crippen LogP contribution < -0.4 is 0 Å². The van der Waals surface area contributed by atoms with E-state index >= 15 is 0 Å². The van der Waals surface area contributed by atoms with Gasteiger partial charge >= 0.3 is 0 Å². The maximum Gasteiger partial charge on any atom is 0.238 e. The van der Waals surface area contributed by atoms with Crippen LogP contribution >= 0.6 is 22.7 Å². The molecule has 0 spiro atoms. The molecule has 11 aromatic rings. The summed E-state index contributed by atoms with van der Waals surface area (Å²) in [4.78, 5) is 24.9. The van der Waals surface area contributed by atoms with Gasteiger partial charge in [0.05, 0.1) is 30.6 Å². The number of thiophene rings is 2. The lowest BCUT2D eigenvalue weighted by atomic mass is 10.0. The Morgan fingerprint density at radius 1 is 0.471 bits per heavy atom. The Morgan fingerprint density at radius 3 is 1.84 bits per heavy atom. The zero-order valence-electron chi connectivity index (χ0n) is 26.9. The van der Waals surface area contributed by atoms with Gasteiger partial charge in [-0.2, -0.15) is 9.97 Å². The van der Waals surface area contributed by atoms with Gasteiger partial charge in [0.25, 0.3) is 0 Å². The average Bonchev–Trinajstić information content (AvgIpc) is 3.88. The molecular weight excluding hydrogens is 665 g/mol. The Labute approximate surface area is 299 Å². The van der Waals surface area contributed by atoms with Gasteiger partial charge in [-0.1, -0.05) is 121 Å². The largest absolute Gasteiger partial charge is 0.277 e. The van der Waals surface area contributed by atoms with E-state index in [2.05, 4.69) is 119 Å². The lowest BCUT2D eigenvalue weighted by Crippen LogP contribution is -2.06. The van der Waals surface area contributed by atoms with E-state index in [1.807, 2.05) is 41.8 Å². The van der Waals surface area contributed by atoms with Gasteiger partial charge in [-0.25, -0.2) is 15.0 Å². The molecule has 6 nitrogen and oxygen atoms in total. The van der Waals surface area contributed by atoms with E-state index in [1.54, 1.807) is 17.7 Å². The molecule has 5 heterocycles. The number of fused-ring (bicyclic) bond motifs is 12. The highest BCUT2D eigenvalue weighted by Crippen LogP contribution is 2.51. The maximum atomic E-state index is 5.30. The summed E-state index contributed by atoms with van der Waals surface area (Å²) in [6.45, 7) is 0. The summed E-state index contributed by atoms with van der Waals surface area (Å²) in [5.41, 5.74) is 7.23. The van der Waals surface area contributed by atoms with Crippen molar-refractivity contribution in [3.8, 4) is 39.9 Å². The summed E-state index contributed by atoms with van der Waals surface area (Å²) in [5, 5.41) is 5.84. The van der Waals surface area contributed by atoms with Crippen molar-refractivity contribution < 1.29 is 0 Å². The van der Waals surface area contributed by atoms with E-state index in [-0.39, 0.29) is 0 Å². The molecule has 0 unspecified atom stereocenters. The van der Waals surface area contributed by atoms with Crippen LogP contribution in [-0.4, -0.2) is 29.5 Å². The van der Waals surface area contributed by atoms with Crippen molar-refractivity contribution in [1.29, 1.82) is 0 Å². The zero-order valence-corrected chi connectivity index (χ0v) is 28.5. The molecule has 8 heteroatoms. The topological polar surface area (TPSA) is 69.4 Å². The van der Waals surface area contributed by atoms with E-state index in [0.29, 0.717) is 17.6 Å². The van der Waals surface area contributed by atoms with Crippen molar-refractivity contribution in [3.05, 3.63) is 146 Å². The van der Waals surface area contributed by atoms with Gasteiger partial charge in [0, 0.05) is 49.0 Å². The van der Waals surface area contributed by atoms with E-state index < -0.39 is 0 Å². The second kappa shape index (κ2) is 11.1. The summed E-state index contributed by atoms with van der Waals surface area (Å²) in [6.07, 6.45) is 3.59. The second-order valence-electron chi connectivity index (χ2n) is 12.5. The standard InChI is InChI=1S/C43H24N6S2/c1-3-11-25(12-4-1)26-19-21-28(22-20-26)42-46-41(27-13-5-2-6-14-27)47-43(48-42)49-31-17-9-7-15-29(31)34-36-37-33(23-44-24-45-37)51-40(36)39-35(38(34)49)30-16-8-10-18-32(30)50-39/h1-24H. The minimum Gasteiger partial charge on any atom is -0.277 e. The van der Waals surface area contributed by atoms with Crippen molar-refractivity contribution >= 4 is 85.0 Å². The Bertz CT molecular complexity index is 3130. The monoisotopic (exact) mass is 688 g/mol. The van der Waals surface area contributed by atoms with Crippen molar-refractivity contribution in [1.82, 2.24) is 29.5 Å². The lowest BCUT2D eigenvalue weighted by molar-refractivity contribution is 0.955. The van der Waals surface area contributed by atoms with Crippen molar-refractivity contribution in [2.24, 2.45) is 0 Å². The molecule has 0 aliphatic carbocycles. The third kappa shape index (κ3) is 4.30. The molecule has 6 aromatic carbocycles. The molecular formula is C43H24N6S2. The van der Waals surface area contributed by atoms with Gasteiger partial charge in [-0.3, -0.25) is 4.57 Å². The summed E-state index contributed by atoms with van der Waals surface area (Å²) in [5.74, 6) is 1.81. The summed E-state index contributed by atoms with van der Waals surface area (Å²) in [6, 6.07) is 46.3. The zero-order chi connectivity index (χ0) is 33.5. The number of hydrogen-bond acceptors (Lipinski definition) is 7. The quantitative estimate of drug-likeness (QED) is 0.184. The fraction of sp³-hybridized carbons (Fsp3) is 0. The number of rotatable bonds is 4. The Morgan fingerprint density at radius 2 is 1.06 bits per heavy atom. The van der Waals surface area contributed by atoms with Crippen LogP contribution in [0.5, 0.6) is 0 Å². The number of aromatic nitrogens is 6. The first-order valence-corrected chi connectivity index (χ1v) is 18.3. The molecule has 0 N–H and O–H groups in total. The van der Waals surface area contributed by atoms with Crippen LogP contribution in [0.25, 0.3) is 102 Å². The van der Waals surface area contributed by atoms with E-state index in [1.165, 1.54) is 30.4 Å². The van der Waals surface area contributed by atoms with Crippen LogP contribution in [0.1, 0.15) is 0 Å². The molecule has 0 amide bonds. The minimum absolute atomic E-state index is 0.572. The van der Waals surface area contributed by atoms with Crippen LogP contribution in [0.3, 0.4) is 0 Å². The van der Waals surface area contributed by atoms with Crippen LogP contribution in [0.4, 0.5) is 0 Å². The number of hydrogen-bond donors (Lipinski definition) is 0. The SMILES string of the molecule is c1ccc(-c2ccc(-c3nc(-c4ccccc4)nc(-n4c5ccccc5c5c6c7ncncc7sc6c6sc7ccccc7c6c54)n3)cc2)cc1. The summed E-state index contributed by atoms with van der Waals surface area (Å²) in [7, 11) is 0. The minimum atomic E-state index is 0.572. The van der Waals surface area contributed by atoms with Gasteiger partial charge in [0.15, 0.2) is 11.6 Å². The van der Waals surface area contributed by atoms with Gasteiger partial charge in [0.2, 0.25) is 5.95 Å². The number of benzene rings is 6. The molecule has 51 heavy (non-hydrogen) atoms. The molecule has 0 fully saturated rings. The molecule has 0 atom stereocenters. The van der Waals surface area contributed by atoms with Crippen LogP contribution in [-0.2, 0) is 0 Å². The Hall–Kier alpha value is -6.35. The third-order valence-electron chi connectivity index (χ3n) is 9.62. The number of para-hydroxylation sites is 1. The smallest absolute Gasteiger partial charge is 0.238 e. The molecule has 0 bridgehead atoms. The van der Waals surface area contributed by atoms with Gasteiger partial charge in [-0.15, -0.1) is 22.7 Å². The first-order chi connectivity index (χ1) is 25.3. The maximum absolute atomic E-state index is 5.30. The summed E-state index contributed by atoms with van der Waals surface area (Å²) >= 11 is 3.60. The average molecular weight is 689 g/mol. The highest BCUT2D eigenvalue weighted by Gasteiger charge is 2.26. The predicted octanol–water partition coefficient (Wildman–Crippen LogP) is 11.5. The molecule has 0 saturated carbocycles. The van der Waals surface area contributed by atoms with Crippen LogP contribution in [0.15, 0.2) is 146 Å². The molecule has 0 saturated heterocycles. The van der Waals surface area contributed by atoms with Crippen molar-refractivity contribution in [3.63, 3.8) is 0 Å². The van der Waals surface area contributed by atoms with Gasteiger partial charge in [0.1, 0.15) is 6.33 Å². The van der Waals surface area contributed by atoms with Gasteiger partial charge in [-0.05, 0) is 23.3 Å². The fourth-order valence-electron chi connectivity index (χ4n) is 7.37. The van der Waals surface area contributed by atoms with E-state index in [4.69, 9.17) is 19.9 Å². The Balaban J connectivity index is 1.28.